The number of carbonyl (C=O) groups is 3. The molecule has 10 nitrogen and oxygen atoms in total. The van der Waals surface area contributed by atoms with Crippen LogP contribution < -0.4 is 16.0 Å². The molecule has 1 heterocycles. The summed E-state index contributed by atoms with van der Waals surface area (Å²) in [6.45, 7) is 7.23. The van der Waals surface area contributed by atoms with Crippen molar-refractivity contribution in [3.05, 3.63) is 108 Å². The maximum atomic E-state index is 13.4. The van der Waals surface area contributed by atoms with Gasteiger partial charge in [0.1, 0.15) is 5.60 Å². The van der Waals surface area contributed by atoms with Crippen LogP contribution in [0.15, 0.2) is 97.2 Å². The fourth-order valence-electron chi connectivity index (χ4n) is 8.17. The number of carbonyl (C=O) groups excluding carboxylic acids is 3. The molecule has 2 fully saturated rings. The number of benzene rings is 3. The molecule has 54 heavy (non-hydrogen) atoms. The molecule has 0 spiro atoms. The number of amides is 3. The lowest BCUT2D eigenvalue weighted by molar-refractivity contribution is -0.117. The van der Waals surface area contributed by atoms with Crippen molar-refractivity contribution in [1.82, 2.24) is 15.6 Å². The first-order valence-electron chi connectivity index (χ1n) is 18.8. The molecule has 0 unspecified atom stereocenters. The van der Waals surface area contributed by atoms with Gasteiger partial charge in [-0.1, -0.05) is 84.9 Å². The van der Waals surface area contributed by atoms with E-state index in [1.165, 1.54) is 7.11 Å². The molecule has 10 heteroatoms. The molecule has 0 radical (unpaired) electrons. The molecular weight excluding hydrogens is 681 g/mol. The summed E-state index contributed by atoms with van der Waals surface area (Å²) in [5, 5.41) is 19.9. The lowest BCUT2D eigenvalue weighted by Crippen LogP contribution is -2.62. The van der Waals surface area contributed by atoms with Crippen molar-refractivity contribution in [3.8, 4) is 22.4 Å². The summed E-state index contributed by atoms with van der Waals surface area (Å²) in [7, 11) is 1.38. The quantitative estimate of drug-likeness (QED) is 0.128. The van der Waals surface area contributed by atoms with E-state index < -0.39 is 34.5 Å². The van der Waals surface area contributed by atoms with Crippen LogP contribution in [0.5, 0.6) is 0 Å². The second-order valence-electron chi connectivity index (χ2n) is 16.4. The van der Waals surface area contributed by atoms with Gasteiger partial charge < -0.3 is 30.5 Å². The fourth-order valence-corrected chi connectivity index (χ4v) is 8.17. The van der Waals surface area contributed by atoms with Gasteiger partial charge in [0.05, 0.1) is 35.8 Å². The molecule has 2 aliphatic carbocycles. The molecule has 2 aliphatic rings. The fraction of sp³-hybridized carbons (Fsp3) is 0.409. The average molecular weight is 733 g/mol. The largest absolute Gasteiger partial charge is 0.453 e. The third-order valence-corrected chi connectivity index (χ3v) is 10.5. The highest BCUT2D eigenvalue weighted by atomic mass is 16.6. The lowest BCUT2D eigenvalue weighted by Gasteiger charge is -2.52. The molecular formula is C44H52N4O6. The third kappa shape index (κ3) is 9.46. The van der Waals surface area contributed by atoms with Crippen LogP contribution >= 0.6 is 0 Å². The Bertz CT molecular complexity index is 1920. The minimum atomic E-state index is -0.901. The standard InChI is InChI=1S/C44H52N4O6/c1-41(2,3)54-40(51)48-44(28-42(4,52)29-44)34-18-16-33(17-19-34)38-36(32-14-10-7-11-15-32)25-35(27-45-38)46-37(49)24-30-20-22-43(23-21-30,47-39(50)53-5)26-31-12-8-6-9-13-31/h6-19,25,27,30,52H,20-24,26,28-29H2,1-5H3,(H,46,49)(H,47,50)(H,48,51). The predicted octanol–water partition coefficient (Wildman–Crippen LogP) is 8.54. The van der Waals surface area contributed by atoms with Gasteiger partial charge in [-0.2, -0.15) is 0 Å². The Morgan fingerprint density at radius 1 is 0.852 bits per heavy atom. The zero-order valence-corrected chi connectivity index (χ0v) is 31.9. The zero-order chi connectivity index (χ0) is 38.6. The van der Waals surface area contributed by atoms with Crippen LogP contribution in [0.4, 0.5) is 15.3 Å². The second-order valence-corrected chi connectivity index (χ2v) is 16.4. The van der Waals surface area contributed by atoms with E-state index in [9.17, 15) is 19.5 Å². The maximum Gasteiger partial charge on any atom is 0.408 e. The third-order valence-electron chi connectivity index (χ3n) is 10.5. The molecule has 0 bridgehead atoms. The number of methoxy groups -OCH3 is 1. The molecule has 2 saturated carbocycles. The molecule has 4 N–H and O–H groups in total. The van der Waals surface area contributed by atoms with Crippen LogP contribution in [0.2, 0.25) is 0 Å². The zero-order valence-electron chi connectivity index (χ0n) is 31.9. The number of hydrogen-bond donors (Lipinski definition) is 4. The predicted molar refractivity (Wildman–Crippen MR) is 210 cm³/mol. The van der Waals surface area contributed by atoms with Gasteiger partial charge in [0.25, 0.3) is 0 Å². The molecule has 3 aromatic carbocycles. The number of nitrogens with one attached hydrogen (secondary N) is 3. The van der Waals surface area contributed by atoms with Crippen molar-refractivity contribution >= 4 is 23.8 Å². The number of rotatable bonds is 10. The van der Waals surface area contributed by atoms with Crippen molar-refractivity contribution in [2.45, 2.75) is 101 Å². The molecule has 6 rings (SSSR count). The van der Waals surface area contributed by atoms with E-state index in [0.29, 0.717) is 31.4 Å². The van der Waals surface area contributed by atoms with E-state index in [-0.39, 0.29) is 11.8 Å². The number of hydrogen-bond acceptors (Lipinski definition) is 7. The van der Waals surface area contributed by atoms with Gasteiger partial charge in [0.15, 0.2) is 0 Å². The van der Waals surface area contributed by atoms with Crippen molar-refractivity contribution in [1.29, 1.82) is 0 Å². The van der Waals surface area contributed by atoms with Gasteiger partial charge in [-0.3, -0.25) is 9.78 Å². The van der Waals surface area contributed by atoms with Crippen molar-refractivity contribution in [3.63, 3.8) is 0 Å². The van der Waals surface area contributed by atoms with Crippen LogP contribution in [0.25, 0.3) is 22.4 Å². The molecule has 0 aliphatic heterocycles. The Morgan fingerprint density at radius 2 is 1.48 bits per heavy atom. The first kappa shape index (κ1) is 38.5. The highest BCUT2D eigenvalue weighted by Gasteiger charge is 2.53. The van der Waals surface area contributed by atoms with Crippen LogP contribution in [-0.2, 0) is 26.2 Å². The van der Waals surface area contributed by atoms with Crippen molar-refractivity contribution in [2.75, 3.05) is 12.4 Å². The monoisotopic (exact) mass is 732 g/mol. The van der Waals surface area contributed by atoms with Gasteiger partial charge in [-0.25, -0.2) is 9.59 Å². The van der Waals surface area contributed by atoms with E-state index in [1.54, 1.807) is 13.1 Å². The normalized spacial score (nSPS) is 23.7. The first-order chi connectivity index (χ1) is 25.7. The summed E-state index contributed by atoms with van der Waals surface area (Å²) in [4.78, 5) is 43.4. The van der Waals surface area contributed by atoms with E-state index in [0.717, 1.165) is 59.2 Å². The first-order valence-corrected chi connectivity index (χ1v) is 18.8. The molecule has 284 valence electrons. The number of nitrogens with zero attached hydrogens (tertiary/aromatic N) is 1. The minimum absolute atomic E-state index is 0.0754. The Hall–Kier alpha value is -5.22. The molecule has 0 atom stereocenters. The highest BCUT2D eigenvalue weighted by Crippen LogP contribution is 2.49. The smallest absolute Gasteiger partial charge is 0.408 e. The Morgan fingerprint density at radius 3 is 2.07 bits per heavy atom. The van der Waals surface area contributed by atoms with Gasteiger partial charge >= 0.3 is 12.2 Å². The van der Waals surface area contributed by atoms with Crippen LogP contribution in [-0.4, -0.2) is 52.0 Å². The topological polar surface area (TPSA) is 139 Å². The van der Waals surface area contributed by atoms with Crippen LogP contribution in [0.1, 0.15) is 83.8 Å². The summed E-state index contributed by atoms with van der Waals surface area (Å²) in [6.07, 6.45) is 5.64. The number of pyridine rings is 1. The van der Waals surface area contributed by atoms with Crippen molar-refractivity contribution < 1.29 is 29.0 Å². The highest BCUT2D eigenvalue weighted by molar-refractivity contribution is 5.93. The molecule has 1 aromatic heterocycles. The van der Waals surface area contributed by atoms with E-state index >= 15 is 0 Å². The van der Waals surface area contributed by atoms with E-state index in [1.807, 2.05) is 99.6 Å². The summed E-state index contributed by atoms with van der Waals surface area (Å²) in [5.41, 5.74) is 3.35. The molecule has 4 aromatic rings. The van der Waals surface area contributed by atoms with Gasteiger partial charge in [-0.05, 0) is 88.5 Å². The molecule has 0 saturated heterocycles. The Labute approximate surface area is 318 Å². The summed E-state index contributed by atoms with van der Waals surface area (Å²) in [6, 6.07) is 29.9. The van der Waals surface area contributed by atoms with Crippen LogP contribution in [0.3, 0.4) is 0 Å². The lowest BCUT2D eigenvalue weighted by atomic mass is 9.62. The van der Waals surface area contributed by atoms with Gasteiger partial charge in [0.2, 0.25) is 5.91 Å². The van der Waals surface area contributed by atoms with Gasteiger partial charge in [-0.15, -0.1) is 0 Å². The Kier molecular flexibility index (Phi) is 11.1. The number of ether oxygens (including phenoxy) is 2. The average Bonchev–Trinajstić information content (AvgIpc) is 3.12. The number of aliphatic hydroxyl groups is 1. The van der Waals surface area contributed by atoms with E-state index in [2.05, 4.69) is 28.1 Å². The van der Waals surface area contributed by atoms with Crippen molar-refractivity contribution in [2.24, 2.45) is 5.92 Å². The Balaban J connectivity index is 1.16. The molecule has 3 amide bonds. The number of alkyl carbamates (subject to hydrolysis) is 2. The number of anilines is 1. The minimum Gasteiger partial charge on any atom is -0.453 e. The SMILES string of the molecule is COC(=O)NC1(Cc2ccccc2)CCC(CC(=O)Nc2cnc(-c3ccc(C4(NC(=O)OC(C)(C)C)CC(C)(O)C4)cc3)c(-c3ccccc3)c2)CC1. The maximum absolute atomic E-state index is 13.4. The summed E-state index contributed by atoms with van der Waals surface area (Å²) in [5.74, 6) is 0.105. The summed E-state index contributed by atoms with van der Waals surface area (Å²) < 4.78 is 10.5. The van der Waals surface area contributed by atoms with Crippen LogP contribution in [0, 0.1) is 5.92 Å². The van der Waals surface area contributed by atoms with E-state index in [4.69, 9.17) is 14.5 Å². The second kappa shape index (κ2) is 15.6. The van der Waals surface area contributed by atoms with Gasteiger partial charge in [0, 0.05) is 35.9 Å². The number of aromatic nitrogens is 1. The summed E-state index contributed by atoms with van der Waals surface area (Å²) >= 11 is 0.